The SMILES string of the molecule is C[N+](C)(Cc1ccccc1)c1ccccc1.O=C(O)C(F)(F)F. The van der Waals surface area contributed by atoms with Crippen molar-refractivity contribution in [1.29, 1.82) is 0 Å². The number of carboxylic acids is 1. The topological polar surface area (TPSA) is 37.3 Å². The summed E-state index contributed by atoms with van der Waals surface area (Å²) in [6, 6.07) is 21.2. The van der Waals surface area contributed by atoms with E-state index in [9.17, 15) is 13.2 Å². The van der Waals surface area contributed by atoms with Gasteiger partial charge in [-0.15, -0.1) is 0 Å². The van der Waals surface area contributed by atoms with E-state index in [0.717, 1.165) is 11.0 Å². The summed E-state index contributed by atoms with van der Waals surface area (Å²) in [6.07, 6.45) is -5.08. The van der Waals surface area contributed by atoms with Crippen LogP contribution in [0.3, 0.4) is 0 Å². The van der Waals surface area contributed by atoms with Gasteiger partial charge in [0, 0.05) is 5.56 Å². The minimum atomic E-state index is -5.08. The molecule has 2 aromatic carbocycles. The number of carbonyl (C=O) groups is 1. The second kappa shape index (κ2) is 7.78. The standard InChI is InChI=1S/C15H18N.C2HF3O2/c1-16(2,15-11-7-4-8-12-15)13-14-9-5-3-6-10-14;3-2(4,5)1(6)7/h3-12H,13H2,1-2H3;(H,6,7)/q+1;. The number of aliphatic carboxylic acids is 1. The van der Waals surface area contributed by atoms with Crippen LogP contribution in [0.25, 0.3) is 0 Å². The van der Waals surface area contributed by atoms with Gasteiger partial charge in [-0.1, -0.05) is 48.5 Å². The minimum absolute atomic E-state index is 0.880. The first-order valence-corrected chi connectivity index (χ1v) is 6.85. The predicted octanol–water partition coefficient (Wildman–Crippen LogP) is 4.09. The van der Waals surface area contributed by atoms with E-state index in [1.165, 1.54) is 11.3 Å². The number of nitrogens with zero attached hydrogens (tertiary/aromatic N) is 1. The number of rotatable bonds is 3. The van der Waals surface area contributed by atoms with Crippen molar-refractivity contribution in [3.63, 3.8) is 0 Å². The molecule has 0 unspecified atom stereocenters. The Morgan fingerprint density at radius 2 is 1.35 bits per heavy atom. The van der Waals surface area contributed by atoms with Gasteiger partial charge in [-0.3, -0.25) is 4.48 Å². The molecule has 0 atom stereocenters. The number of hydrogen-bond acceptors (Lipinski definition) is 1. The lowest BCUT2D eigenvalue weighted by molar-refractivity contribution is -0.192. The van der Waals surface area contributed by atoms with Crippen molar-refractivity contribution in [2.75, 3.05) is 14.1 Å². The highest BCUT2D eigenvalue weighted by atomic mass is 19.4. The van der Waals surface area contributed by atoms with Crippen LogP contribution in [-0.2, 0) is 11.3 Å². The molecule has 0 aliphatic heterocycles. The molecule has 0 fully saturated rings. The largest absolute Gasteiger partial charge is 0.490 e. The van der Waals surface area contributed by atoms with Gasteiger partial charge in [-0.05, 0) is 12.1 Å². The molecule has 0 heterocycles. The van der Waals surface area contributed by atoms with Gasteiger partial charge in [-0.25, -0.2) is 4.79 Å². The van der Waals surface area contributed by atoms with Crippen LogP contribution >= 0.6 is 0 Å². The lowest BCUT2D eigenvalue weighted by atomic mass is 10.2. The molecule has 124 valence electrons. The van der Waals surface area contributed by atoms with E-state index in [2.05, 4.69) is 74.8 Å². The number of hydrogen-bond donors (Lipinski definition) is 1. The van der Waals surface area contributed by atoms with Crippen molar-refractivity contribution in [3.8, 4) is 0 Å². The zero-order valence-corrected chi connectivity index (χ0v) is 12.9. The highest BCUT2D eigenvalue weighted by Gasteiger charge is 2.38. The molecule has 0 spiro atoms. The summed E-state index contributed by atoms with van der Waals surface area (Å²) < 4.78 is 32.6. The molecule has 2 aromatic rings. The normalized spacial score (nSPS) is 11.3. The van der Waals surface area contributed by atoms with Gasteiger partial charge in [0.05, 0.1) is 14.1 Å². The molecule has 3 nitrogen and oxygen atoms in total. The summed E-state index contributed by atoms with van der Waals surface area (Å²) in [7, 11) is 4.48. The fourth-order valence-corrected chi connectivity index (χ4v) is 1.96. The van der Waals surface area contributed by atoms with Gasteiger partial charge >= 0.3 is 12.1 Å². The monoisotopic (exact) mass is 326 g/mol. The van der Waals surface area contributed by atoms with Gasteiger partial charge in [0.2, 0.25) is 0 Å². The molecule has 0 radical (unpaired) electrons. The number of quaternary nitrogens is 1. The highest BCUT2D eigenvalue weighted by Crippen LogP contribution is 2.21. The summed E-state index contributed by atoms with van der Waals surface area (Å²) in [6.45, 7) is 1.02. The number of alkyl halides is 3. The van der Waals surface area contributed by atoms with Crippen LogP contribution in [0, 0.1) is 0 Å². The third-order valence-corrected chi connectivity index (χ3v) is 3.12. The van der Waals surface area contributed by atoms with Crippen molar-refractivity contribution < 1.29 is 23.1 Å². The summed E-state index contributed by atoms with van der Waals surface area (Å²) in [5.41, 5.74) is 2.71. The second-order valence-electron chi connectivity index (χ2n) is 5.47. The van der Waals surface area contributed by atoms with Crippen LogP contribution in [0.4, 0.5) is 18.9 Å². The maximum absolute atomic E-state index is 10.6. The molecule has 0 aliphatic carbocycles. The molecule has 0 bridgehead atoms. The van der Waals surface area contributed by atoms with Crippen molar-refractivity contribution in [2.24, 2.45) is 0 Å². The predicted molar refractivity (Wildman–Crippen MR) is 83.9 cm³/mol. The minimum Gasteiger partial charge on any atom is -0.475 e. The molecular weight excluding hydrogens is 307 g/mol. The third kappa shape index (κ3) is 6.52. The number of halogens is 3. The molecule has 0 amide bonds. The summed E-state index contributed by atoms with van der Waals surface area (Å²) in [4.78, 5) is 8.90. The first-order chi connectivity index (χ1) is 10.6. The molecule has 0 aliphatic rings. The van der Waals surface area contributed by atoms with Crippen LogP contribution in [0.1, 0.15) is 5.56 Å². The summed E-state index contributed by atoms with van der Waals surface area (Å²) >= 11 is 0. The molecular formula is C17H19F3NO2+. The summed E-state index contributed by atoms with van der Waals surface area (Å²) in [5, 5.41) is 7.12. The molecule has 23 heavy (non-hydrogen) atoms. The van der Waals surface area contributed by atoms with Gasteiger partial charge < -0.3 is 5.11 Å². The molecule has 0 saturated carbocycles. The Kier molecular flexibility index (Phi) is 6.33. The lowest BCUT2D eigenvalue weighted by Gasteiger charge is -2.29. The molecule has 1 N–H and O–H groups in total. The van der Waals surface area contributed by atoms with Crippen LogP contribution in [0.15, 0.2) is 60.7 Å². The first kappa shape index (κ1) is 18.7. The highest BCUT2D eigenvalue weighted by molar-refractivity contribution is 5.73. The van der Waals surface area contributed by atoms with Gasteiger partial charge in [-0.2, -0.15) is 13.2 Å². The van der Waals surface area contributed by atoms with Crippen LogP contribution < -0.4 is 4.48 Å². The number of para-hydroxylation sites is 1. The Morgan fingerprint density at radius 3 is 1.74 bits per heavy atom. The van der Waals surface area contributed by atoms with E-state index in [0.29, 0.717) is 0 Å². The Labute approximate surface area is 133 Å². The fraction of sp³-hybridized carbons (Fsp3) is 0.235. The van der Waals surface area contributed by atoms with E-state index in [-0.39, 0.29) is 0 Å². The zero-order chi connectivity index (χ0) is 17.5. The van der Waals surface area contributed by atoms with Crippen molar-refractivity contribution in [3.05, 3.63) is 66.2 Å². The Balaban J connectivity index is 0.000000322. The fourth-order valence-electron chi connectivity index (χ4n) is 1.96. The second-order valence-corrected chi connectivity index (χ2v) is 5.47. The Hall–Kier alpha value is -2.34. The van der Waals surface area contributed by atoms with Crippen molar-refractivity contribution in [1.82, 2.24) is 4.48 Å². The van der Waals surface area contributed by atoms with Gasteiger partial charge in [0.1, 0.15) is 12.2 Å². The van der Waals surface area contributed by atoms with Crippen molar-refractivity contribution >= 4 is 11.7 Å². The molecule has 0 aromatic heterocycles. The van der Waals surface area contributed by atoms with E-state index < -0.39 is 12.1 Å². The Morgan fingerprint density at radius 1 is 0.957 bits per heavy atom. The third-order valence-electron chi connectivity index (χ3n) is 3.12. The van der Waals surface area contributed by atoms with E-state index in [1.807, 2.05) is 0 Å². The first-order valence-electron chi connectivity index (χ1n) is 6.85. The van der Waals surface area contributed by atoms with Crippen LogP contribution in [0.5, 0.6) is 0 Å². The van der Waals surface area contributed by atoms with E-state index in [4.69, 9.17) is 9.90 Å². The average molecular weight is 326 g/mol. The average Bonchev–Trinajstić information content (AvgIpc) is 2.48. The maximum atomic E-state index is 10.6. The van der Waals surface area contributed by atoms with Crippen molar-refractivity contribution in [2.45, 2.75) is 12.7 Å². The summed E-state index contributed by atoms with van der Waals surface area (Å²) in [5.74, 6) is -2.76. The smallest absolute Gasteiger partial charge is 0.475 e. The van der Waals surface area contributed by atoms with Crippen LogP contribution in [-0.4, -0.2) is 31.3 Å². The van der Waals surface area contributed by atoms with Gasteiger partial charge in [0.25, 0.3) is 0 Å². The molecule has 6 heteroatoms. The van der Waals surface area contributed by atoms with E-state index >= 15 is 0 Å². The quantitative estimate of drug-likeness (QED) is 0.863. The lowest BCUT2D eigenvalue weighted by Crippen LogP contribution is -2.39. The number of benzene rings is 2. The van der Waals surface area contributed by atoms with E-state index in [1.54, 1.807) is 0 Å². The van der Waals surface area contributed by atoms with Gasteiger partial charge in [0.15, 0.2) is 0 Å². The van der Waals surface area contributed by atoms with Crippen LogP contribution in [0.2, 0.25) is 0 Å². The Bertz CT molecular complexity index is 611. The maximum Gasteiger partial charge on any atom is 0.490 e. The molecule has 0 saturated heterocycles. The molecule has 2 rings (SSSR count). The number of carboxylic acid groups (broad SMARTS) is 1. The zero-order valence-electron chi connectivity index (χ0n) is 12.9.